The topological polar surface area (TPSA) is 189 Å². The summed E-state index contributed by atoms with van der Waals surface area (Å²) < 4.78 is 17.6. The molecule has 0 aliphatic carbocycles. The van der Waals surface area contributed by atoms with Gasteiger partial charge in [0.25, 0.3) is 5.69 Å². The third-order valence-corrected chi connectivity index (χ3v) is 3.96. The quantitative estimate of drug-likeness (QED) is 0.282. The number of hydrogen-bond acceptors (Lipinski definition) is 12. The lowest BCUT2D eigenvalue weighted by molar-refractivity contribution is -0.384. The number of phenolic OH excluding ortho intramolecular Hbond substituents is 2. The number of esters is 4. The number of carbonyl (C=O) groups is 4. The number of benzene rings is 2. The molecule has 0 spiro atoms. The van der Waals surface area contributed by atoms with Gasteiger partial charge < -0.3 is 29.2 Å². The van der Waals surface area contributed by atoms with E-state index in [9.17, 15) is 39.5 Å². The molecule has 0 heterocycles. The fraction of sp³-hybridized carbons (Fsp3) is 0.200. The second kappa shape index (κ2) is 11.6. The van der Waals surface area contributed by atoms with Gasteiger partial charge in [0.15, 0.2) is 0 Å². The van der Waals surface area contributed by atoms with Crippen molar-refractivity contribution in [3.05, 3.63) is 62.7 Å². The maximum absolute atomic E-state index is 11.3. The van der Waals surface area contributed by atoms with Gasteiger partial charge in [-0.15, -0.1) is 0 Å². The molecule has 176 valence electrons. The molecular formula is C20H19NO12. The summed E-state index contributed by atoms with van der Waals surface area (Å²) >= 11 is 0. The molecule has 33 heavy (non-hydrogen) atoms. The zero-order valence-corrected chi connectivity index (χ0v) is 17.8. The van der Waals surface area contributed by atoms with Crippen molar-refractivity contribution < 1.29 is 53.3 Å². The molecular weight excluding hydrogens is 446 g/mol. The molecule has 0 unspecified atom stereocenters. The normalized spacial score (nSPS) is 9.58. The van der Waals surface area contributed by atoms with Crippen LogP contribution in [0.25, 0.3) is 0 Å². The predicted molar refractivity (Wildman–Crippen MR) is 108 cm³/mol. The van der Waals surface area contributed by atoms with Gasteiger partial charge in [-0.1, -0.05) is 6.07 Å². The zero-order valence-electron chi connectivity index (χ0n) is 17.8. The van der Waals surface area contributed by atoms with Crippen molar-refractivity contribution in [3.8, 4) is 11.5 Å². The highest BCUT2D eigenvalue weighted by molar-refractivity contribution is 6.01. The first-order valence-electron chi connectivity index (χ1n) is 8.70. The first-order chi connectivity index (χ1) is 15.5. The Morgan fingerprint density at radius 1 is 0.697 bits per heavy atom. The van der Waals surface area contributed by atoms with Gasteiger partial charge in [0.05, 0.1) is 33.4 Å². The van der Waals surface area contributed by atoms with Crippen molar-refractivity contribution >= 4 is 29.6 Å². The Kier molecular flexibility index (Phi) is 9.30. The number of methoxy groups -OCH3 is 4. The van der Waals surface area contributed by atoms with Gasteiger partial charge in [-0.3, -0.25) is 10.1 Å². The summed E-state index contributed by atoms with van der Waals surface area (Å²) in [5.74, 6) is -4.57. The van der Waals surface area contributed by atoms with Crippen molar-refractivity contribution in [2.24, 2.45) is 0 Å². The third-order valence-electron chi connectivity index (χ3n) is 3.96. The summed E-state index contributed by atoms with van der Waals surface area (Å²) in [7, 11) is 4.45. The van der Waals surface area contributed by atoms with E-state index in [1.807, 2.05) is 0 Å². The van der Waals surface area contributed by atoms with Gasteiger partial charge in [-0.2, -0.15) is 0 Å². The minimum absolute atomic E-state index is 0.0691. The van der Waals surface area contributed by atoms with Crippen LogP contribution in [0.15, 0.2) is 30.3 Å². The molecule has 0 aliphatic heterocycles. The van der Waals surface area contributed by atoms with Gasteiger partial charge in [-0.25, -0.2) is 19.2 Å². The highest BCUT2D eigenvalue weighted by Crippen LogP contribution is 2.29. The molecule has 2 aromatic rings. The number of carbonyl (C=O) groups excluding carboxylic acids is 4. The molecule has 2 N–H and O–H groups in total. The van der Waals surface area contributed by atoms with Crippen molar-refractivity contribution in [3.63, 3.8) is 0 Å². The van der Waals surface area contributed by atoms with E-state index >= 15 is 0 Å². The Morgan fingerprint density at radius 3 is 1.30 bits per heavy atom. The number of nitrogens with zero attached hydrogens (tertiary/aromatic N) is 1. The minimum atomic E-state index is -0.999. The molecule has 13 heteroatoms. The van der Waals surface area contributed by atoms with Crippen LogP contribution >= 0.6 is 0 Å². The van der Waals surface area contributed by atoms with Crippen molar-refractivity contribution in [2.75, 3.05) is 28.4 Å². The number of rotatable bonds is 5. The monoisotopic (exact) mass is 465 g/mol. The van der Waals surface area contributed by atoms with E-state index in [4.69, 9.17) is 0 Å². The molecule has 13 nitrogen and oxygen atoms in total. The molecule has 0 atom stereocenters. The average Bonchev–Trinajstić information content (AvgIpc) is 2.82. The Labute approximate surface area is 186 Å². The maximum Gasteiger partial charge on any atom is 0.341 e. The summed E-state index contributed by atoms with van der Waals surface area (Å²) in [6.45, 7) is 0. The molecule has 0 aromatic heterocycles. The van der Waals surface area contributed by atoms with Gasteiger partial charge in [-0.05, 0) is 12.1 Å². The van der Waals surface area contributed by atoms with Crippen LogP contribution in [0.1, 0.15) is 41.4 Å². The largest absolute Gasteiger partial charge is 0.506 e. The number of para-hydroxylation sites is 1. The molecule has 2 aromatic carbocycles. The highest BCUT2D eigenvalue weighted by atomic mass is 16.6. The lowest BCUT2D eigenvalue weighted by Gasteiger charge is -2.07. The highest BCUT2D eigenvalue weighted by Gasteiger charge is 2.25. The fourth-order valence-electron chi connectivity index (χ4n) is 2.35. The number of ether oxygens (including phenoxy) is 4. The van der Waals surface area contributed by atoms with Crippen LogP contribution in [0.5, 0.6) is 11.5 Å². The van der Waals surface area contributed by atoms with Crippen molar-refractivity contribution in [2.45, 2.75) is 0 Å². The van der Waals surface area contributed by atoms with E-state index in [0.29, 0.717) is 0 Å². The number of phenols is 2. The van der Waals surface area contributed by atoms with Crippen molar-refractivity contribution in [1.29, 1.82) is 0 Å². The van der Waals surface area contributed by atoms with Crippen LogP contribution in [0.2, 0.25) is 0 Å². The maximum atomic E-state index is 11.3. The van der Waals surface area contributed by atoms with E-state index in [1.165, 1.54) is 32.4 Å². The number of non-ortho nitro benzene ring substituents is 1. The first kappa shape index (κ1) is 26.4. The summed E-state index contributed by atoms with van der Waals surface area (Å²) in [6, 6.07) is 5.79. The summed E-state index contributed by atoms with van der Waals surface area (Å²) in [4.78, 5) is 54.8. The van der Waals surface area contributed by atoms with E-state index < -0.39 is 57.1 Å². The van der Waals surface area contributed by atoms with E-state index in [0.717, 1.165) is 26.4 Å². The molecule has 0 saturated carbocycles. The van der Waals surface area contributed by atoms with Crippen LogP contribution in [-0.2, 0) is 18.9 Å². The number of hydrogen-bond donors (Lipinski definition) is 2. The lowest BCUT2D eigenvalue weighted by Crippen LogP contribution is -2.08. The second-order valence-electron chi connectivity index (χ2n) is 5.81. The SMILES string of the molecule is COC(=O)c1cc([N+](=O)[O-])cc(C(=O)OC)c1O.COC(=O)c1cccc(C(=O)OC)c1O. The fourth-order valence-corrected chi connectivity index (χ4v) is 2.35. The van der Waals surface area contributed by atoms with Crippen LogP contribution in [0, 0.1) is 10.1 Å². The molecule has 0 saturated heterocycles. The molecule has 2 rings (SSSR count). The standard InChI is InChI=1S/C10H9NO7.C10H10O5/c1-17-9(13)6-3-5(11(15)16)4-7(8(6)12)10(14)18-2;1-14-9(12)6-4-3-5-7(8(6)11)10(13)15-2/h3-4,12H,1-2H3;3-5,11H,1-2H3. The smallest absolute Gasteiger partial charge is 0.341 e. The second-order valence-corrected chi connectivity index (χ2v) is 5.81. The molecule has 0 radical (unpaired) electrons. The lowest BCUT2D eigenvalue weighted by atomic mass is 10.1. The van der Waals surface area contributed by atoms with E-state index in [1.54, 1.807) is 0 Å². The number of aromatic hydroxyl groups is 2. The van der Waals surface area contributed by atoms with E-state index in [-0.39, 0.29) is 11.1 Å². The number of nitro groups is 1. The van der Waals surface area contributed by atoms with Gasteiger partial charge in [0.2, 0.25) is 0 Å². The molecule has 0 fully saturated rings. The predicted octanol–water partition coefficient (Wildman–Crippen LogP) is 1.84. The van der Waals surface area contributed by atoms with Crippen LogP contribution in [-0.4, -0.2) is 67.5 Å². The minimum Gasteiger partial charge on any atom is -0.506 e. The van der Waals surface area contributed by atoms with Gasteiger partial charge >= 0.3 is 23.9 Å². The molecule has 0 bridgehead atoms. The van der Waals surface area contributed by atoms with Gasteiger partial charge in [0, 0.05) is 12.1 Å². The first-order valence-corrected chi connectivity index (χ1v) is 8.70. The van der Waals surface area contributed by atoms with Gasteiger partial charge in [0.1, 0.15) is 33.8 Å². The van der Waals surface area contributed by atoms with Crippen molar-refractivity contribution in [1.82, 2.24) is 0 Å². The molecule has 0 aliphatic rings. The Balaban J connectivity index is 0.000000335. The zero-order chi connectivity index (χ0) is 25.3. The van der Waals surface area contributed by atoms with Crippen LogP contribution in [0.3, 0.4) is 0 Å². The Morgan fingerprint density at radius 2 is 1.00 bits per heavy atom. The third kappa shape index (κ3) is 6.16. The van der Waals surface area contributed by atoms with E-state index in [2.05, 4.69) is 18.9 Å². The average molecular weight is 465 g/mol. The number of nitro benzene ring substituents is 1. The van der Waals surface area contributed by atoms with Crippen LogP contribution < -0.4 is 0 Å². The summed E-state index contributed by atoms with van der Waals surface area (Å²) in [6.07, 6.45) is 0. The Bertz CT molecular complexity index is 1020. The molecule has 0 amide bonds. The van der Waals surface area contributed by atoms with Crippen LogP contribution in [0.4, 0.5) is 5.69 Å². The summed E-state index contributed by atoms with van der Waals surface area (Å²) in [5.41, 5.74) is -1.63. The summed E-state index contributed by atoms with van der Waals surface area (Å²) in [5, 5.41) is 29.9. The Hall–Kier alpha value is -4.68.